The second-order valence-electron chi connectivity index (χ2n) is 5.57. The number of carboxylic acids is 1. The van der Waals surface area contributed by atoms with Gasteiger partial charge >= 0.3 is 12.0 Å². The van der Waals surface area contributed by atoms with E-state index in [2.05, 4.69) is 10.6 Å². The van der Waals surface area contributed by atoms with E-state index >= 15 is 0 Å². The van der Waals surface area contributed by atoms with Crippen molar-refractivity contribution in [2.24, 2.45) is 11.3 Å². The molecule has 0 aromatic carbocycles. The number of carbonyl (C=O) groups excluding carboxylic acids is 1. The monoisotopic (exact) mass is 228 g/mol. The van der Waals surface area contributed by atoms with Crippen molar-refractivity contribution >= 4 is 12.0 Å². The van der Waals surface area contributed by atoms with E-state index in [1.807, 2.05) is 6.92 Å². The third-order valence-electron chi connectivity index (χ3n) is 2.81. The topological polar surface area (TPSA) is 78.4 Å². The van der Waals surface area contributed by atoms with E-state index in [1.165, 1.54) is 0 Å². The molecule has 1 aliphatic carbocycles. The van der Waals surface area contributed by atoms with E-state index < -0.39 is 23.5 Å². The first-order valence-corrected chi connectivity index (χ1v) is 5.51. The molecule has 1 rings (SSSR count). The van der Waals surface area contributed by atoms with Crippen molar-refractivity contribution in [2.45, 2.75) is 46.2 Å². The molecule has 0 aromatic heterocycles. The molecule has 0 saturated heterocycles. The summed E-state index contributed by atoms with van der Waals surface area (Å²) >= 11 is 0. The molecule has 3 atom stereocenters. The standard InChI is InChI=1S/C11H20N2O3/c1-6-5-7(6)12-10(16)13-8(9(14)15)11(2,3)4/h6-8H,5H2,1-4H3,(H,14,15)(H2,12,13,16)/t6?,7?,8-/m1/s1. The predicted molar refractivity (Wildman–Crippen MR) is 60.1 cm³/mol. The lowest BCUT2D eigenvalue weighted by atomic mass is 9.87. The zero-order valence-electron chi connectivity index (χ0n) is 10.2. The Hall–Kier alpha value is -1.26. The van der Waals surface area contributed by atoms with Crippen molar-refractivity contribution in [2.75, 3.05) is 0 Å². The van der Waals surface area contributed by atoms with Crippen LogP contribution in [0, 0.1) is 11.3 Å². The van der Waals surface area contributed by atoms with Crippen LogP contribution in [-0.2, 0) is 4.79 Å². The second-order valence-corrected chi connectivity index (χ2v) is 5.57. The van der Waals surface area contributed by atoms with Crippen LogP contribution in [0.3, 0.4) is 0 Å². The molecule has 0 bridgehead atoms. The highest BCUT2D eigenvalue weighted by Crippen LogP contribution is 2.28. The number of aliphatic carboxylic acids is 1. The summed E-state index contributed by atoms with van der Waals surface area (Å²) in [6, 6.07) is -1.06. The number of carbonyl (C=O) groups is 2. The quantitative estimate of drug-likeness (QED) is 0.679. The molecule has 1 fully saturated rings. The van der Waals surface area contributed by atoms with Crippen LogP contribution < -0.4 is 10.6 Å². The number of hydrogen-bond donors (Lipinski definition) is 3. The molecular weight excluding hydrogens is 208 g/mol. The maximum absolute atomic E-state index is 11.5. The molecule has 1 aliphatic rings. The van der Waals surface area contributed by atoms with Gasteiger partial charge in [-0.2, -0.15) is 0 Å². The van der Waals surface area contributed by atoms with Crippen LogP contribution >= 0.6 is 0 Å². The highest BCUT2D eigenvalue weighted by Gasteiger charge is 2.36. The van der Waals surface area contributed by atoms with Gasteiger partial charge in [0.05, 0.1) is 0 Å². The summed E-state index contributed by atoms with van der Waals surface area (Å²) in [6.07, 6.45) is 0.973. The molecule has 0 aliphatic heterocycles. The van der Waals surface area contributed by atoms with Crippen LogP contribution in [0.25, 0.3) is 0 Å². The second kappa shape index (κ2) is 4.31. The SMILES string of the molecule is CC1CC1NC(=O)N[C@H](C(=O)O)C(C)(C)C. The Bertz CT molecular complexity index is 296. The summed E-state index contributed by atoms with van der Waals surface area (Å²) in [4.78, 5) is 22.5. The number of amides is 2. The summed E-state index contributed by atoms with van der Waals surface area (Å²) in [7, 11) is 0. The van der Waals surface area contributed by atoms with Gasteiger partial charge in [-0.25, -0.2) is 9.59 Å². The largest absolute Gasteiger partial charge is 0.480 e. The Balaban J connectivity index is 2.48. The smallest absolute Gasteiger partial charge is 0.326 e. The number of rotatable bonds is 3. The van der Waals surface area contributed by atoms with Gasteiger partial charge in [-0.15, -0.1) is 0 Å². The van der Waals surface area contributed by atoms with Crippen LogP contribution in [0.2, 0.25) is 0 Å². The van der Waals surface area contributed by atoms with Gasteiger partial charge in [0.15, 0.2) is 0 Å². The molecule has 5 heteroatoms. The molecule has 2 unspecified atom stereocenters. The Morgan fingerprint density at radius 3 is 2.19 bits per heavy atom. The maximum Gasteiger partial charge on any atom is 0.326 e. The molecule has 2 amide bonds. The number of nitrogens with one attached hydrogen (secondary N) is 2. The third kappa shape index (κ3) is 3.40. The van der Waals surface area contributed by atoms with Crippen molar-refractivity contribution in [3.8, 4) is 0 Å². The van der Waals surface area contributed by atoms with Crippen LogP contribution in [0.5, 0.6) is 0 Å². The van der Waals surface area contributed by atoms with Crippen molar-refractivity contribution in [1.29, 1.82) is 0 Å². The molecule has 0 heterocycles. The molecular formula is C11H20N2O3. The first-order chi connectivity index (χ1) is 7.21. The van der Waals surface area contributed by atoms with Crippen molar-refractivity contribution in [1.82, 2.24) is 10.6 Å². The Kier molecular flexibility index (Phi) is 3.45. The molecule has 3 N–H and O–H groups in total. The van der Waals surface area contributed by atoms with Gasteiger partial charge in [-0.1, -0.05) is 27.7 Å². The van der Waals surface area contributed by atoms with Gasteiger partial charge in [-0.05, 0) is 17.8 Å². The van der Waals surface area contributed by atoms with E-state index in [1.54, 1.807) is 20.8 Å². The number of urea groups is 1. The van der Waals surface area contributed by atoms with E-state index in [0.29, 0.717) is 5.92 Å². The van der Waals surface area contributed by atoms with Crippen molar-refractivity contribution in [3.05, 3.63) is 0 Å². The lowest BCUT2D eigenvalue weighted by molar-refractivity contribution is -0.141. The van der Waals surface area contributed by atoms with Gasteiger partial charge < -0.3 is 15.7 Å². The Labute approximate surface area is 95.6 Å². The first kappa shape index (κ1) is 12.8. The van der Waals surface area contributed by atoms with E-state index in [9.17, 15) is 9.59 Å². The van der Waals surface area contributed by atoms with Gasteiger partial charge in [0.25, 0.3) is 0 Å². The van der Waals surface area contributed by atoms with Crippen LogP contribution in [0.15, 0.2) is 0 Å². The fraction of sp³-hybridized carbons (Fsp3) is 0.818. The van der Waals surface area contributed by atoms with E-state index in [4.69, 9.17) is 5.11 Å². The summed E-state index contributed by atoms with van der Waals surface area (Å²) < 4.78 is 0. The summed E-state index contributed by atoms with van der Waals surface area (Å²) in [5, 5.41) is 14.3. The molecule has 0 aromatic rings. The highest BCUT2D eigenvalue weighted by molar-refractivity contribution is 5.83. The third-order valence-corrected chi connectivity index (χ3v) is 2.81. The predicted octanol–water partition coefficient (Wildman–Crippen LogP) is 1.19. The minimum absolute atomic E-state index is 0.203. The lowest BCUT2D eigenvalue weighted by Crippen LogP contribution is -2.52. The minimum atomic E-state index is -1.01. The fourth-order valence-corrected chi connectivity index (χ4v) is 1.51. The first-order valence-electron chi connectivity index (χ1n) is 5.51. The summed E-state index contributed by atoms with van der Waals surface area (Å²) in [5.74, 6) is -0.504. The summed E-state index contributed by atoms with van der Waals surface area (Å²) in [5.41, 5.74) is -0.502. The highest BCUT2D eigenvalue weighted by atomic mass is 16.4. The molecule has 5 nitrogen and oxygen atoms in total. The van der Waals surface area contributed by atoms with Gasteiger partial charge in [0.1, 0.15) is 6.04 Å². The average molecular weight is 228 g/mol. The Morgan fingerprint density at radius 2 is 1.88 bits per heavy atom. The molecule has 16 heavy (non-hydrogen) atoms. The van der Waals surface area contributed by atoms with Gasteiger partial charge in [0.2, 0.25) is 0 Å². The van der Waals surface area contributed by atoms with Crippen LogP contribution in [0.4, 0.5) is 4.79 Å². The zero-order chi connectivity index (χ0) is 12.5. The van der Waals surface area contributed by atoms with E-state index in [0.717, 1.165) is 6.42 Å². The zero-order valence-corrected chi connectivity index (χ0v) is 10.2. The minimum Gasteiger partial charge on any atom is -0.480 e. The van der Waals surface area contributed by atoms with Crippen LogP contribution in [-0.4, -0.2) is 29.2 Å². The molecule has 92 valence electrons. The van der Waals surface area contributed by atoms with Crippen molar-refractivity contribution < 1.29 is 14.7 Å². The normalized spacial score (nSPS) is 25.8. The Morgan fingerprint density at radius 1 is 1.38 bits per heavy atom. The van der Waals surface area contributed by atoms with Crippen molar-refractivity contribution in [3.63, 3.8) is 0 Å². The molecule has 0 radical (unpaired) electrons. The lowest BCUT2D eigenvalue weighted by Gasteiger charge is -2.27. The molecule has 1 saturated carbocycles. The van der Waals surface area contributed by atoms with E-state index in [-0.39, 0.29) is 6.04 Å². The number of hydrogen-bond acceptors (Lipinski definition) is 2. The van der Waals surface area contributed by atoms with Crippen LogP contribution in [0.1, 0.15) is 34.1 Å². The van der Waals surface area contributed by atoms with Gasteiger partial charge in [0, 0.05) is 6.04 Å². The van der Waals surface area contributed by atoms with Gasteiger partial charge in [-0.3, -0.25) is 0 Å². The summed E-state index contributed by atoms with van der Waals surface area (Å²) in [6.45, 7) is 7.40. The average Bonchev–Trinajstić information content (AvgIpc) is 2.75. The maximum atomic E-state index is 11.5. The number of carboxylic acid groups (broad SMARTS) is 1. The fourth-order valence-electron chi connectivity index (χ4n) is 1.51. The molecule has 0 spiro atoms.